The first kappa shape index (κ1) is 31.0. The van der Waals surface area contributed by atoms with Gasteiger partial charge >= 0.3 is 0 Å². The number of benzene rings is 3. The second kappa shape index (κ2) is 13.7. The van der Waals surface area contributed by atoms with Crippen LogP contribution in [0.3, 0.4) is 0 Å². The molecule has 10 heteroatoms. The van der Waals surface area contributed by atoms with Crippen molar-refractivity contribution >= 4 is 39.1 Å². The number of nitrogens with zero attached hydrogens (tertiary/aromatic N) is 2. The molecule has 0 aliphatic heterocycles. The third kappa shape index (κ3) is 7.76. The van der Waals surface area contributed by atoms with Gasteiger partial charge in [-0.3, -0.25) is 13.9 Å². The number of amides is 2. The van der Waals surface area contributed by atoms with Crippen LogP contribution in [0.4, 0.5) is 5.69 Å². The highest BCUT2D eigenvalue weighted by Gasteiger charge is 2.32. The van der Waals surface area contributed by atoms with Crippen molar-refractivity contribution in [3.8, 4) is 5.75 Å². The molecular formula is C30H36ClN3O5S. The molecule has 3 rings (SSSR count). The largest absolute Gasteiger partial charge is 0.497 e. The van der Waals surface area contributed by atoms with Crippen LogP contribution in [0.2, 0.25) is 5.02 Å². The van der Waals surface area contributed by atoms with E-state index in [1.54, 1.807) is 69.5 Å². The highest BCUT2D eigenvalue weighted by atomic mass is 35.5. The van der Waals surface area contributed by atoms with Crippen LogP contribution in [0.15, 0.2) is 77.7 Å². The Bertz CT molecular complexity index is 1430. The van der Waals surface area contributed by atoms with Crippen LogP contribution in [0, 0.1) is 12.8 Å². The average Bonchev–Trinajstić information content (AvgIpc) is 2.94. The second-order valence-electron chi connectivity index (χ2n) is 9.95. The predicted molar refractivity (Wildman–Crippen MR) is 158 cm³/mol. The van der Waals surface area contributed by atoms with Gasteiger partial charge in [-0.25, -0.2) is 8.42 Å². The van der Waals surface area contributed by atoms with Crippen LogP contribution < -0.4 is 14.4 Å². The molecule has 0 radical (unpaired) electrons. The molecule has 1 atom stereocenters. The number of hydrogen-bond acceptors (Lipinski definition) is 5. The Morgan fingerprint density at radius 1 is 0.975 bits per heavy atom. The fraction of sp³-hybridized carbons (Fsp3) is 0.333. The number of methoxy groups -OCH3 is 1. The Morgan fingerprint density at radius 2 is 1.68 bits per heavy atom. The van der Waals surface area contributed by atoms with Gasteiger partial charge < -0.3 is 15.0 Å². The molecule has 0 saturated carbocycles. The van der Waals surface area contributed by atoms with Gasteiger partial charge in [0.1, 0.15) is 18.3 Å². The zero-order chi connectivity index (χ0) is 29.4. The van der Waals surface area contributed by atoms with Crippen LogP contribution in [-0.4, -0.2) is 51.4 Å². The molecule has 3 aromatic carbocycles. The van der Waals surface area contributed by atoms with Gasteiger partial charge in [0, 0.05) is 18.1 Å². The van der Waals surface area contributed by atoms with E-state index >= 15 is 0 Å². The quantitative estimate of drug-likeness (QED) is 0.321. The van der Waals surface area contributed by atoms with E-state index in [9.17, 15) is 18.0 Å². The summed E-state index contributed by atoms with van der Waals surface area (Å²) in [6.45, 7) is 7.36. The number of ether oxygens (including phenoxy) is 1. The van der Waals surface area contributed by atoms with Gasteiger partial charge in [0.2, 0.25) is 11.8 Å². The van der Waals surface area contributed by atoms with Crippen molar-refractivity contribution in [2.45, 2.75) is 45.2 Å². The predicted octanol–water partition coefficient (Wildman–Crippen LogP) is 5.04. The molecule has 1 N–H and O–H groups in total. The molecule has 8 nitrogen and oxygen atoms in total. The van der Waals surface area contributed by atoms with Gasteiger partial charge in [0.15, 0.2) is 0 Å². The first-order valence-corrected chi connectivity index (χ1v) is 14.8. The molecule has 0 unspecified atom stereocenters. The van der Waals surface area contributed by atoms with Crippen molar-refractivity contribution in [2.75, 3.05) is 24.5 Å². The van der Waals surface area contributed by atoms with E-state index in [-0.39, 0.29) is 29.0 Å². The van der Waals surface area contributed by atoms with Gasteiger partial charge in [0.05, 0.1) is 17.7 Å². The first-order valence-electron chi connectivity index (χ1n) is 13.0. The normalized spacial score (nSPS) is 12.1. The van der Waals surface area contributed by atoms with Crippen LogP contribution in [0.5, 0.6) is 5.75 Å². The fourth-order valence-corrected chi connectivity index (χ4v) is 5.59. The first-order chi connectivity index (χ1) is 18.9. The number of nitrogens with one attached hydrogen (secondary N) is 1. The van der Waals surface area contributed by atoms with Crippen molar-refractivity contribution in [2.24, 2.45) is 5.92 Å². The topological polar surface area (TPSA) is 96.0 Å². The number of carbonyl (C=O) groups excluding carboxylic acids is 2. The number of aryl methyl sites for hydroxylation is 1. The molecule has 0 aromatic heterocycles. The zero-order valence-electron chi connectivity index (χ0n) is 23.4. The molecule has 214 valence electrons. The summed E-state index contributed by atoms with van der Waals surface area (Å²) in [4.78, 5) is 28.5. The number of halogens is 1. The number of rotatable bonds is 12. The third-order valence-electron chi connectivity index (χ3n) is 6.39. The van der Waals surface area contributed by atoms with Gasteiger partial charge in [-0.05, 0) is 67.3 Å². The molecule has 0 spiro atoms. The van der Waals surface area contributed by atoms with Crippen molar-refractivity contribution < 1.29 is 22.7 Å². The maximum Gasteiger partial charge on any atom is 0.264 e. The van der Waals surface area contributed by atoms with Gasteiger partial charge in [-0.2, -0.15) is 0 Å². The van der Waals surface area contributed by atoms with E-state index in [1.165, 1.54) is 23.1 Å². The minimum atomic E-state index is -4.16. The fourth-order valence-electron chi connectivity index (χ4n) is 3.99. The number of carbonyl (C=O) groups is 2. The van der Waals surface area contributed by atoms with Crippen molar-refractivity contribution in [3.05, 3.63) is 88.9 Å². The Hall–Kier alpha value is -3.56. The Labute approximate surface area is 241 Å². The minimum absolute atomic E-state index is 0.0292. The third-order valence-corrected chi connectivity index (χ3v) is 8.59. The zero-order valence-corrected chi connectivity index (χ0v) is 25.0. The molecule has 0 saturated heterocycles. The SMILES string of the molecule is COc1cccc(CN(C(=O)CN(c2ccc(C)c(Cl)c2)S(=O)(=O)c2ccccc2)[C@H](C)C(=O)NCC(C)C)c1. The van der Waals surface area contributed by atoms with E-state index in [0.29, 0.717) is 17.3 Å². The smallest absolute Gasteiger partial charge is 0.264 e. The lowest BCUT2D eigenvalue weighted by molar-refractivity contribution is -0.139. The molecule has 0 aliphatic carbocycles. The van der Waals surface area contributed by atoms with Gasteiger partial charge in [0.25, 0.3) is 10.0 Å². The molecule has 3 aromatic rings. The summed E-state index contributed by atoms with van der Waals surface area (Å²) in [6, 6.07) is 19.0. The standard InChI is InChI=1S/C30H36ClN3O5S/c1-21(2)18-32-30(36)23(4)33(19-24-10-9-11-26(16-24)39-5)29(35)20-34(25-15-14-22(3)28(31)17-25)40(37,38)27-12-7-6-8-13-27/h6-17,21,23H,18-20H2,1-5H3,(H,32,36)/t23-/m1/s1. The number of hydrogen-bond donors (Lipinski definition) is 1. The van der Waals surface area contributed by atoms with E-state index in [4.69, 9.17) is 16.3 Å². The van der Waals surface area contributed by atoms with E-state index in [0.717, 1.165) is 15.4 Å². The van der Waals surface area contributed by atoms with Crippen molar-refractivity contribution in [1.29, 1.82) is 0 Å². The second-order valence-corrected chi connectivity index (χ2v) is 12.2. The number of anilines is 1. The monoisotopic (exact) mass is 585 g/mol. The summed E-state index contributed by atoms with van der Waals surface area (Å²) in [5.74, 6) is -0.0621. The summed E-state index contributed by atoms with van der Waals surface area (Å²) in [5.41, 5.74) is 1.74. The number of sulfonamides is 1. The van der Waals surface area contributed by atoms with Crippen molar-refractivity contribution in [3.63, 3.8) is 0 Å². The van der Waals surface area contributed by atoms with Crippen LogP contribution in [-0.2, 0) is 26.2 Å². The molecule has 0 heterocycles. The van der Waals surface area contributed by atoms with E-state index in [1.807, 2.05) is 19.9 Å². The summed E-state index contributed by atoms with van der Waals surface area (Å²) in [6.07, 6.45) is 0. The van der Waals surface area contributed by atoms with Crippen LogP contribution in [0.25, 0.3) is 0 Å². The molecular weight excluding hydrogens is 550 g/mol. The minimum Gasteiger partial charge on any atom is -0.497 e. The Kier molecular flexibility index (Phi) is 10.6. The lowest BCUT2D eigenvalue weighted by Gasteiger charge is -2.32. The van der Waals surface area contributed by atoms with Gasteiger partial charge in [-0.15, -0.1) is 0 Å². The molecule has 0 bridgehead atoms. The highest BCUT2D eigenvalue weighted by molar-refractivity contribution is 7.92. The summed E-state index contributed by atoms with van der Waals surface area (Å²) >= 11 is 6.36. The van der Waals surface area contributed by atoms with Gasteiger partial charge in [-0.1, -0.05) is 61.8 Å². The lowest BCUT2D eigenvalue weighted by atomic mass is 10.1. The Morgan fingerprint density at radius 3 is 2.30 bits per heavy atom. The molecule has 40 heavy (non-hydrogen) atoms. The van der Waals surface area contributed by atoms with Crippen molar-refractivity contribution in [1.82, 2.24) is 10.2 Å². The maximum absolute atomic E-state index is 14.0. The highest BCUT2D eigenvalue weighted by Crippen LogP contribution is 2.28. The maximum atomic E-state index is 14.0. The summed E-state index contributed by atoms with van der Waals surface area (Å²) < 4.78 is 34.0. The summed E-state index contributed by atoms with van der Waals surface area (Å²) in [7, 11) is -2.61. The Balaban J connectivity index is 2.03. The van der Waals surface area contributed by atoms with E-state index in [2.05, 4.69) is 5.32 Å². The average molecular weight is 586 g/mol. The molecule has 2 amide bonds. The summed E-state index contributed by atoms with van der Waals surface area (Å²) in [5, 5.41) is 3.24. The van der Waals surface area contributed by atoms with E-state index < -0.39 is 28.5 Å². The lowest BCUT2D eigenvalue weighted by Crippen LogP contribution is -2.51. The van der Waals surface area contributed by atoms with Crippen LogP contribution in [0.1, 0.15) is 31.9 Å². The molecule has 0 aliphatic rings. The molecule has 0 fully saturated rings. The van der Waals surface area contributed by atoms with Crippen LogP contribution >= 0.6 is 11.6 Å².